The number of aromatic nitrogens is 2. The number of aliphatic hydroxyl groups is 1. The van der Waals surface area contributed by atoms with Gasteiger partial charge in [-0.2, -0.15) is 5.10 Å². The van der Waals surface area contributed by atoms with Crippen molar-refractivity contribution >= 4 is 11.7 Å². The minimum absolute atomic E-state index is 0.0707. The molecule has 2 amide bonds. The molecule has 3 rings (SSSR count). The number of aromatic amines is 1. The second kappa shape index (κ2) is 12.3. The molecule has 1 saturated carbocycles. The normalized spacial score (nSPS) is 14.4. The van der Waals surface area contributed by atoms with Crippen molar-refractivity contribution in [1.29, 1.82) is 0 Å². The van der Waals surface area contributed by atoms with Crippen molar-refractivity contribution in [3.8, 4) is 16.9 Å². The molecule has 0 atom stereocenters. The smallest absolute Gasteiger partial charge is 0.321 e. The number of urea groups is 1. The van der Waals surface area contributed by atoms with Crippen molar-refractivity contribution in [2.45, 2.75) is 44.9 Å². The topological polar surface area (TPSA) is 116 Å². The second-order valence-corrected chi connectivity index (χ2v) is 8.15. The van der Waals surface area contributed by atoms with Crippen LogP contribution < -0.4 is 15.8 Å². The van der Waals surface area contributed by atoms with Gasteiger partial charge in [-0.05, 0) is 55.8 Å². The fraction of sp³-hybridized carbons (Fsp3) is 0.565. The first-order valence-electron chi connectivity index (χ1n) is 11.3. The molecular formula is C23H35N5O3. The standard InChI is InChI=1S/C23H35N5O3/c24-10-4-13-31-22-14-19(20-15-25-26-16-20)8-9-21(22)27-23(30)28(11-5-12-29)17-18-6-2-1-3-7-18/h8-9,14-16,18,29H,1-7,10-13,17,24H2,(H,25,26)(H,27,30). The van der Waals surface area contributed by atoms with Crippen molar-refractivity contribution in [2.75, 3.05) is 38.2 Å². The molecule has 1 fully saturated rings. The summed E-state index contributed by atoms with van der Waals surface area (Å²) in [7, 11) is 0. The summed E-state index contributed by atoms with van der Waals surface area (Å²) >= 11 is 0. The lowest BCUT2D eigenvalue weighted by Crippen LogP contribution is -2.40. The summed E-state index contributed by atoms with van der Waals surface area (Å²) < 4.78 is 5.94. The number of nitrogens with zero attached hydrogens (tertiary/aromatic N) is 2. The van der Waals surface area contributed by atoms with Crippen molar-refractivity contribution in [3.05, 3.63) is 30.6 Å². The maximum Gasteiger partial charge on any atom is 0.321 e. The fourth-order valence-corrected chi connectivity index (χ4v) is 4.01. The van der Waals surface area contributed by atoms with Gasteiger partial charge >= 0.3 is 6.03 Å². The molecule has 0 spiro atoms. The van der Waals surface area contributed by atoms with Gasteiger partial charge in [0.25, 0.3) is 0 Å². The molecule has 1 aromatic heterocycles. The van der Waals surface area contributed by atoms with Gasteiger partial charge in [0, 0.05) is 31.5 Å². The molecule has 1 aliphatic carbocycles. The largest absolute Gasteiger partial charge is 0.491 e. The number of carbonyl (C=O) groups is 1. The third-order valence-corrected chi connectivity index (χ3v) is 5.74. The van der Waals surface area contributed by atoms with E-state index < -0.39 is 0 Å². The van der Waals surface area contributed by atoms with E-state index in [9.17, 15) is 9.90 Å². The molecule has 0 bridgehead atoms. The number of rotatable bonds is 11. The Morgan fingerprint density at radius 3 is 2.81 bits per heavy atom. The number of hydrogen-bond acceptors (Lipinski definition) is 5. The van der Waals surface area contributed by atoms with E-state index in [1.807, 2.05) is 29.3 Å². The van der Waals surface area contributed by atoms with Crippen LogP contribution in [0.25, 0.3) is 11.1 Å². The van der Waals surface area contributed by atoms with Crippen LogP contribution in [-0.4, -0.2) is 59.1 Å². The van der Waals surface area contributed by atoms with Crippen LogP contribution in [0.3, 0.4) is 0 Å². The molecule has 5 N–H and O–H groups in total. The van der Waals surface area contributed by atoms with Crippen LogP contribution in [0.1, 0.15) is 44.9 Å². The zero-order chi connectivity index (χ0) is 21.9. The summed E-state index contributed by atoms with van der Waals surface area (Å²) in [6, 6.07) is 5.56. The summed E-state index contributed by atoms with van der Waals surface area (Å²) in [6.07, 6.45) is 10.9. The monoisotopic (exact) mass is 429 g/mol. The van der Waals surface area contributed by atoms with Gasteiger partial charge in [-0.15, -0.1) is 0 Å². The molecular weight excluding hydrogens is 394 g/mol. The maximum atomic E-state index is 13.1. The van der Waals surface area contributed by atoms with Crippen LogP contribution >= 0.6 is 0 Å². The fourth-order valence-electron chi connectivity index (χ4n) is 4.01. The van der Waals surface area contributed by atoms with Crippen molar-refractivity contribution < 1.29 is 14.6 Å². The Morgan fingerprint density at radius 1 is 1.26 bits per heavy atom. The Hall–Kier alpha value is -2.58. The van der Waals surface area contributed by atoms with Gasteiger partial charge in [-0.25, -0.2) is 4.79 Å². The number of nitrogens with two attached hydrogens (primary N) is 1. The summed E-state index contributed by atoms with van der Waals surface area (Å²) in [5.41, 5.74) is 8.14. The van der Waals surface area contributed by atoms with Gasteiger partial charge in [0.1, 0.15) is 5.75 Å². The Kier molecular flexibility index (Phi) is 9.17. The molecule has 31 heavy (non-hydrogen) atoms. The predicted molar refractivity (Wildman–Crippen MR) is 122 cm³/mol. The van der Waals surface area contributed by atoms with E-state index in [4.69, 9.17) is 10.5 Å². The summed E-state index contributed by atoms with van der Waals surface area (Å²) in [4.78, 5) is 15.0. The van der Waals surface area contributed by atoms with E-state index in [1.54, 1.807) is 6.20 Å². The molecule has 8 heteroatoms. The average molecular weight is 430 g/mol. The first-order chi connectivity index (χ1) is 15.2. The van der Waals surface area contributed by atoms with Crippen LogP contribution in [0, 0.1) is 5.92 Å². The third-order valence-electron chi connectivity index (χ3n) is 5.74. The maximum absolute atomic E-state index is 13.1. The van der Waals surface area contributed by atoms with E-state index in [1.165, 1.54) is 19.3 Å². The molecule has 8 nitrogen and oxygen atoms in total. The zero-order valence-electron chi connectivity index (χ0n) is 18.2. The molecule has 170 valence electrons. The molecule has 1 heterocycles. The highest BCUT2D eigenvalue weighted by Gasteiger charge is 2.22. The number of carbonyl (C=O) groups excluding carboxylic acids is 1. The van der Waals surface area contributed by atoms with Gasteiger partial charge in [-0.3, -0.25) is 5.10 Å². The summed E-state index contributed by atoms with van der Waals surface area (Å²) in [6.45, 7) is 2.35. The Labute approximate surface area is 184 Å². The number of amides is 2. The first kappa shape index (κ1) is 23.1. The molecule has 0 aliphatic heterocycles. The Bertz CT molecular complexity index is 791. The summed E-state index contributed by atoms with van der Waals surface area (Å²) in [5, 5.41) is 19.1. The van der Waals surface area contributed by atoms with E-state index >= 15 is 0 Å². The van der Waals surface area contributed by atoms with Crippen molar-refractivity contribution in [1.82, 2.24) is 15.1 Å². The van der Waals surface area contributed by atoms with Gasteiger partial charge < -0.3 is 25.8 Å². The highest BCUT2D eigenvalue weighted by molar-refractivity contribution is 5.91. The van der Waals surface area contributed by atoms with Crippen molar-refractivity contribution in [3.63, 3.8) is 0 Å². The van der Waals surface area contributed by atoms with Gasteiger partial charge in [0.15, 0.2) is 0 Å². The second-order valence-electron chi connectivity index (χ2n) is 8.15. The van der Waals surface area contributed by atoms with Gasteiger partial charge in [-0.1, -0.05) is 25.3 Å². The zero-order valence-corrected chi connectivity index (χ0v) is 18.2. The first-order valence-corrected chi connectivity index (χ1v) is 11.3. The lowest BCUT2D eigenvalue weighted by atomic mass is 9.89. The van der Waals surface area contributed by atoms with Crippen LogP contribution in [0.15, 0.2) is 30.6 Å². The van der Waals surface area contributed by atoms with E-state index in [0.717, 1.165) is 36.9 Å². The number of anilines is 1. The van der Waals surface area contributed by atoms with Gasteiger partial charge in [0.05, 0.1) is 18.5 Å². The van der Waals surface area contributed by atoms with Crippen LogP contribution in [0.2, 0.25) is 0 Å². The number of aliphatic hydroxyl groups excluding tert-OH is 1. The third kappa shape index (κ3) is 6.97. The molecule has 2 aromatic rings. The predicted octanol–water partition coefficient (Wildman–Crippen LogP) is 3.60. The van der Waals surface area contributed by atoms with Crippen LogP contribution in [0.4, 0.5) is 10.5 Å². The van der Waals surface area contributed by atoms with E-state index in [0.29, 0.717) is 43.5 Å². The van der Waals surface area contributed by atoms with Crippen molar-refractivity contribution in [2.24, 2.45) is 11.7 Å². The van der Waals surface area contributed by atoms with Crippen LogP contribution in [0.5, 0.6) is 5.75 Å². The molecule has 0 unspecified atom stereocenters. The van der Waals surface area contributed by atoms with E-state index in [-0.39, 0.29) is 12.6 Å². The molecule has 1 aromatic carbocycles. The number of hydrogen-bond donors (Lipinski definition) is 4. The number of benzene rings is 1. The lowest BCUT2D eigenvalue weighted by Gasteiger charge is -2.30. The quantitative estimate of drug-likeness (QED) is 0.407. The minimum Gasteiger partial charge on any atom is -0.491 e. The van der Waals surface area contributed by atoms with Crippen LogP contribution in [-0.2, 0) is 0 Å². The van der Waals surface area contributed by atoms with E-state index in [2.05, 4.69) is 15.5 Å². The van der Waals surface area contributed by atoms with Gasteiger partial charge in [0.2, 0.25) is 0 Å². The number of H-pyrrole nitrogens is 1. The minimum atomic E-state index is -0.154. The number of nitrogens with one attached hydrogen (secondary N) is 2. The number of ether oxygens (including phenoxy) is 1. The molecule has 1 aliphatic rings. The lowest BCUT2D eigenvalue weighted by molar-refractivity contribution is 0.181. The Balaban J connectivity index is 1.74. The SMILES string of the molecule is NCCCOc1cc(-c2cn[nH]c2)ccc1NC(=O)N(CCCO)CC1CCCCC1. The highest BCUT2D eigenvalue weighted by Crippen LogP contribution is 2.31. The summed E-state index contributed by atoms with van der Waals surface area (Å²) in [5.74, 6) is 1.14. The molecule has 0 saturated heterocycles. The molecule has 0 radical (unpaired) electrons. The Morgan fingerprint density at radius 2 is 2.10 bits per heavy atom. The average Bonchev–Trinajstić information content (AvgIpc) is 3.33. The highest BCUT2D eigenvalue weighted by atomic mass is 16.5.